The molecule has 11 nitrogen and oxygen atoms in total. The lowest BCUT2D eigenvalue weighted by Gasteiger charge is -2.27. The van der Waals surface area contributed by atoms with E-state index in [0.717, 1.165) is 11.8 Å². The summed E-state index contributed by atoms with van der Waals surface area (Å²) in [5, 5.41) is 13.6. The molecule has 0 aromatic carbocycles. The lowest BCUT2D eigenvalue weighted by molar-refractivity contribution is -0.139. The summed E-state index contributed by atoms with van der Waals surface area (Å²) in [6.07, 6.45) is 2.43. The van der Waals surface area contributed by atoms with Gasteiger partial charge < -0.3 is 24.2 Å². The third-order valence-electron chi connectivity index (χ3n) is 5.06. The molecule has 172 valence electrons. The highest BCUT2D eigenvalue weighted by atomic mass is 32.2. The fourth-order valence-electron chi connectivity index (χ4n) is 3.64. The van der Waals surface area contributed by atoms with Crippen LogP contribution >= 0.6 is 11.8 Å². The topological polar surface area (TPSA) is 154 Å². The summed E-state index contributed by atoms with van der Waals surface area (Å²) in [6, 6.07) is 2.05. The molecule has 2 atom stereocenters. The number of carbonyl (C=O) groups is 2. The van der Waals surface area contributed by atoms with E-state index in [4.69, 9.17) is 13.6 Å². The second-order valence-corrected chi connectivity index (χ2v) is 10.5. The minimum atomic E-state index is -2.98. The van der Waals surface area contributed by atoms with Crippen molar-refractivity contribution in [2.75, 3.05) is 23.9 Å². The molecule has 0 bridgehead atoms. The standard InChI is InChI=1S/C19H22N4O7S2/c1-2-28-17(24)15-12(20-18(25)21-16(15)13-4-3-6-29-13)9-31-19-23-22-14(30-19)8-11-5-7-32(26,27)10-11/h3-4,6,11,16H,2,5,7-10H2,1H3,(H2,20,21,25). The van der Waals surface area contributed by atoms with Gasteiger partial charge in [0.05, 0.1) is 29.9 Å². The summed E-state index contributed by atoms with van der Waals surface area (Å²) in [6.45, 7) is 1.87. The number of aromatic nitrogens is 2. The number of hydrogen-bond donors (Lipinski definition) is 2. The molecule has 32 heavy (non-hydrogen) atoms. The first kappa shape index (κ1) is 22.4. The molecule has 0 radical (unpaired) electrons. The van der Waals surface area contributed by atoms with E-state index < -0.39 is 27.9 Å². The Labute approximate surface area is 188 Å². The van der Waals surface area contributed by atoms with Crippen LogP contribution in [0, 0.1) is 5.92 Å². The summed E-state index contributed by atoms with van der Waals surface area (Å²) in [7, 11) is -2.98. The lowest BCUT2D eigenvalue weighted by Crippen LogP contribution is -2.46. The average Bonchev–Trinajstić information content (AvgIpc) is 3.48. The van der Waals surface area contributed by atoms with Gasteiger partial charge in [0.2, 0.25) is 5.89 Å². The number of carbonyl (C=O) groups excluding carboxylic acids is 2. The molecule has 2 aromatic heterocycles. The van der Waals surface area contributed by atoms with E-state index in [9.17, 15) is 18.0 Å². The van der Waals surface area contributed by atoms with Crippen LogP contribution in [0.3, 0.4) is 0 Å². The molecular formula is C19H22N4O7S2. The van der Waals surface area contributed by atoms with Crippen molar-refractivity contribution in [2.24, 2.45) is 5.92 Å². The van der Waals surface area contributed by atoms with Crippen molar-refractivity contribution in [2.45, 2.75) is 31.0 Å². The van der Waals surface area contributed by atoms with Crippen LogP contribution in [0.5, 0.6) is 0 Å². The van der Waals surface area contributed by atoms with E-state index in [1.807, 2.05) is 0 Å². The molecule has 1 fully saturated rings. The fourth-order valence-corrected chi connectivity index (χ4v) is 6.25. The first-order valence-corrected chi connectivity index (χ1v) is 12.8. The Hall–Kier alpha value is -2.80. The zero-order valence-corrected chi connectivity index (χ0v) is 18.8. The summed E-state index contributed by atoms with van der Waals surface area (Å²) < 4.78 is 39.5. The second-order valence-electron chi connectivity index (χ2n) is 7.38. The summed E-state index contributed by atoms with van der Waals surface area (Å²) in [5.74, 6) is 0.621. The first-order chi connectivity index (χ1) is 15.3. The highest BCUT2D eigenvalue weighted by molar-refractivity contribution is 7.99. The number of hydrogen-bond acceptors (Lipinski definition) is 10. The number of rotatable bonds is 8. The smallest absolute Gasteiger partial charge is 0.338 e. The number of ether oxygens (including phenoxy) is 1. The van der Waals surface area contributed by atoms with Crippen LogP contribution < -0.4 is 10.6 Å². The van der Waals surface area contributed by atoms with Crippen LogP contribution in [0.2, 0.25) is 0 Å². The van der Waals surface area contributed by atoms with Crippen molar-refractivity contribution in [3.8, 4) is 0 Å². The highest BCUT2D eigenvalue weighted by Gasteiger charge is 2.35. The molecule has 2 N–H and O–H groups in total. The molecule has 2 amide bonds. The van der Waals surface area contributed by atoms with Crippen molar-refractivity contribution >= 4 is 33.6 Å². The van der Waals surface area contributed by atoms with E-state index in [0.29, 0.717) is 30.2 Å². The van der Waals surface area contributed by atoms with Gasteiger partial charge in [0.1, 0.15) is 11.8 Å². The maximum atomic E-state index is 12.7. The zero-order valence-electron chi connectivity index (χ0n) is 17.2. The number of thioether (sulfide) groups is 1. The highest BCUT2D eigenvalue weighted by Crippen LogP contribution is 2.31. The summed E-state index contributed by atoms with van der Waals surface area (Å²) >= 11 is 1.15. The quantitative estimate of drug-likeness (QED) is 0.419. The van der Waals surface area contributed by atoms with E-state index in [1.54, 1.807) is 19.1 Å². The number of esters is 1. The van der Waals surface area contributed by atoms with E-state index >= 15 is 0 Å². The minimum Gasteiger partial charge on any atom is -0.467 e. The van der Waals surface area contributed by atoms with Crippen molar-refractivity contribution in [1.29, 1.82) is 0 Å². The molecule has 0 spiro atoms. The van der Waals surface area contributed by atoms with Gasteiger partial charge in [0, 0.05) is 17.9 Å². The molecule has 13 heteroatoms. The number of nitrogens with one attached hydrogen (secondary N) is 2. The molecular weight excluding hydrogens is 460 g/mol. The largest absolute Gasteiger partial charge is 0.467 e. The number of amides is 2. The Morgan fingerprint density at radius 2 is 2.22 bits per heavy atom. The van der Waals surface area contributed by atoms with Crippen LogP contribution in [-0.2, 0) is 25.8 Å². The van der Waals surface area contributed by atoms with E-state index in [2.05, 4.69) is 20.8 Å². The predicted molar refractivity (Wildman–Crippen MR) is 112 cm³/mol. The van der Waals surface area contributed by atoms with Gasteiger partial charge in [-0.3, -0.25) is 0 Å². The van der Waals surface area contributed by atoms with Gasteiger partial charge in [-0.1, -0.05) is 11.8 Å². The van der Waals surface area contributed by atoms with Crippen molar-refractivity contribution < 1.29 is 31.6 Å². The Kier molecular flexibility index (Phi) is 6.55. The number of furan rings is 1. The minimum absolute atomic E-state index is 0.0332. The summed E-state index contributed by atoms with van der Waals surface area (Å²) in [4.78, 5) is 24.9. The van der Waals surface area contributed by atoms with Gasteiger partial charge >= 0.3 is 12.0 Å². The van der Waals surface area contributed by atoms with Gasteiger partial charge in [0.25, 0.3) is 5.22 Å². The Balaban J connectivity index is 1.49. The first-order valence-electron chi connectivity index (χ1n) is 10.0. The molecule has 2 aliphatic heterocycles. The SMILES string of the molecule is CCOC(=O)C1=C(CSc2nnc(CC3CCS(=O)(=O)C3)o2)NC(=O)NC1c1ccco1. The molecule has 2 unspecified atom stereocenters. The average molecular weight is 483 g/mol. The third kappa shape index (κ3) is 5.15. The zero-order chi connectivity index (χ0) is 22.7. The Morgan fingerprint density at radius 1 is 1.38 bits per heavy atom. The van der Waals surface area contributed by atoms with Gasteiger partial charge in [-0.25, -0.2) is 18.0 Å². The van der Waals surface area contributed by atoms with Gasteiger partial charge in [0.15, 0.2) is 9.84 Å². The molecule has 4 heterocycles. The fraction of sp³-hybridized carbons (Fsp3) is 0.474. The van der Waals surface area contributed by atoms with E-state index in [1.165, 1.54) is 6.26 Å². The molecule has 1 saturated heterocycles. The van der Waals surface area contributed by atoms with Crippen LogP contribution in [-0.4, -0.2) is 54.5 Å². The van der Waals surface area contributed by atoms with Crippen LogP contribution in [0.1, 0.15) is 31.0 Å². The predicted octanol–water partition coefficient (Wildman–Crippen LogP) is 1.60. The molecule has 0 saturated carbocycles. The van der Waals surface area contributed by atoms with E-state index in [-0.39, 0.29) is 40.6 Å². The summed E-state index contributed by atoms with van der Waals surface area (Å²) in [5.41, 5.74) is 0.574. The molecule has 0 aliphatic carbocycles. The van der Waals surface area contributed by atoms with Crippen molar-refractivity contribution in [3.05, 3.63) is 41.3 Å². The normalized spacial score (nSPS) is 22.5. The lowest BCUT2D eigenvalue weighted by atomic mass is 10.0. The number of urea groups is 1. The number of nitrogens with zero attached hydrogens (tertiary/aromatic N) is 2. The van der Waals surface area contributed by atoms with Gasteiger partial charge in [-0.2, -0.15) is 0 Å². The third-order valence-corrected chi connectivity index (χ3v) is 7.74. The Bertz CT molecular complexity index is 1120. The number of sulfone groups is 1. The molecule has 2 aromatic rings. The van der Waals surface area contributed by atoms with Crippen LogP contribution in [0.25, 0.3) is 0 Å². The van der Waals surface area contributed by atoms with Crippen molar-refractivity contribution in [1.82, 2.24) is 20.8 Å². The monoisotopic (exact) mass is 482 g/mol. The van der Waals surface area contributed by atoms with Crippen LogP contribution in [0.15, 0.2) is 43.7 Å². The van der Waals surface area contributed by atoms with Crippen LogP contribution in [0.4, 0.5) is 4.79 Å². The van der Waals surface area contributed by atoms with Gasteiger partial charge in [-0.05, 0) is 31.4 Å². The second kappa shape index (κ2) is 9.36. The molecule has 2 aliphatic rings. The Morgan fingerprint density at radius 3 is 2.91 bits per heavy atom. The van der Waals surface area contributed by atoms with Crippen molar-refractivity contribution in [3.63, 3.8) is 0 Å². The maximum Gasteiger partial charge on any atom is 0.338 e. The van der Waals surface area contributed by atoms with Gasteiger partial charge in [-0.15, -0.1) is 10.2 Å². The maximum absolute atomic E-state index is 12.7. The molecule has 4 rings (SSSR count).